The SMILES string of the molecule is CC(C)C(C(=O)O)c1c(C(C(=O)O)(c2ccccc2)C(C)C=O)ccc2c1OC=CC2. The second kappa shape index (κ2) is 8.76. The van der Waals surface area contributed by atoms with Crippen molar-refractivity contribution in [3.8, 4) is 5.75 Å². The fraction of sp³-hybridized carbons (Fsp3) is 0.320. The zero-order valence-corrected chi connectivity index (χ0v) is 17.7. The molecule has 6 nitrogen and oxygen atoms in total. The molecule has 3 rings (SSSR count). The van der Waals surface area contributed by atoms with Crippen LogP contribution in [0.5, 0.6) is 5.75 Å². The fourth-order valence-corrected chi connectivity index (χ4v) is 4.53. The third-order valence-electron chi connectivity index (χ3n) is 6.02. The number of aldehydes is 1. The van der Waals surface area contributed by atoms with Crippen LogP contribution in [-0.4, -0.2) is 28.4 Å². The second-order valence-electron chi connectivity index (χ2n) is 8.17. The lowest BCUT2D eigenvalue weighted by molar-refractivity contribution is -0.145. The molecule has 0 radical (unpaired) electrons. The average Bonchev–Trinajstić information content (AvgIpc) is 2.75. The summed E-state index contributed by atoms with van der Waals surface area (Å²) in [6.45, 7) is 5.09. The molecule has 1 heterocycles. The van der Waals surface area contributed by atoms with Gasteiger partial charge in [0.15, 0.2) is 0 Å². The van der Waals surface area contributed by atoms with E-state index in [-0.39, 0.29) is 11.5 Å². The maximum Gasteiger partial charge on any atom is 0.319 e. The minimum Gasteiger partial charge on any atom is -0.481 e. The standard InChI is InChI=1S/C25H26O6/c1-15(2)20(23(27)28)21-19(12-11-17-8-7-13-31-22(17)21)25(24(29)30,16(3)14-26)18-9-5-4-6-10-18/h4-7,9-16,20H,8H2,1-3H3,(H,27,28)(H,29,30). The average molecular weight is 422 g/mol. The van der Waals surface area contributed by atoms with Gasteiger partial charge in [-0.15, -0.1) is 0 Å². The first kappa shape index (κ1) is 22.3. The van der Waals surface area contributed by atoms with E-state index in [1.807, 2.05) is 6.08 Å². The van der Waals surface area contributed by atoms with Gasteiger partial charge >= 0.3 is 11.9 Å². The Morgan fingerprint density at radius 3 is 2.29 bits per heavy atom. The van der Waals surface area contributed by atoms with Crippen LogP contribution in [0.25, 0.3) is 0 Å². The lowest BCUT2D eigenvalue weighted by Gasteiger charge is -2.38. The highest BCUT2D eigenvalue weighted by molar-refractivity contribution is 5.92. The van der Waals surface area contributed by atoms with E-state index in [1.54, 1.807) is 63.2 Å². The van der Waals surface area contributed by atoms with Crippen molar-refractivity contribution < 1.29 is 29.3 Å². The summed E-state index contributed by atoms with van der Waals surface area (Å²) >= 11 is 0. The summed E-state index contributed by atoms with van der Waals surface area (Å²) in [5, 5.41) is 20.7. The van der Waals surface area contributed by atoms with E-state index < -0.39 is 29.2 Å². The lowest BCUT2D eigenvalue weighted by atomic mass is 9.63. The molecule has 0 amide bonds. The maximum absolute atomic E-state index is 12.9. The number of benzene rings is 2. The summed E-state index contributed by atoms with van der Waals surface area (Å²) in [5.41, 5.74) is -0.0208. The van der Waals surface area contributed by atoms with Crippen LogP contribution in [0.3, 0.4) is 0 Å². The van der Waals surface area contributed by atoms with Gasteiger partial charge in [-0.05, 0) is 35.1 Å². The number of fused-ring (bicyclic) bond motifs is 1. The van der Waals surface area contributed by atoms with Gasteiger partial charge in [-0.1, -0.05) is 63.2 Å². The Hall–Kier alpha value is -3.41. The molecule has 0 fully saturated rings. The minimum absolute atomic E-state index is 0.265. The van der Waals surface area contributed by atoms with E-state index in [0.29, 0.717) is 29.6 Å². The zero-order chi connectivity index (χ0) is 22.8. The highest BCUT2D eigenvalue weighted by Gasteiger charge is 2.50. The Balaban J connectivity index is 2.49. The Kier molecular flexibility index (Phi) is 6.29. The van der Waals surface area contributed by atoms with Gasteiger partial charge in [0.1, 0.15) is 17.5 Å². The van der Waals surface area contributed by atoms with E-state index in [1.165, 1.54) is 6.26 Å². The fourth-order valence-electron chi connectivity index (χ4n) is 4.53. The van der Waals surface area contributed by atoms with Crippen LogP contribution >= 0.6 is 0 Å². The molecule has 2 aromatic rings. The normalized spacial score (nSPS) is 16.5. The van der Waals surface area contributed by atoms with Crippen molar-refractivity contribution in [1.29, 1.82) is 0 Å². The van der Waals surface area contributed by atoms with Gasteiger partial charge in [0.05, 0.1) is 12.2 Å². The van der Waals surface area contributed by atoms with Gasteiger partial charge in [-0.3, -0.25) is 9.59 Å². The molecule has 1 aliphatic heterocycles. The number of rotatable bonds is 8. The smallest absolute Gasteiger partial charge is 0.319 e. The number of carboxylic acid groups (broad SMARTS) is 2. The predicted molar refractivity (Wildman–Crippen MR) is 115 cm³/mol. The highest BCUT2D eigenvalue weighted by atomic mass is 16.5. The molecule has 0 saturated carbocycles. The molecule has 0 spiro atoms. The van der Waals surface area contributed by atoms with Crippen molar-refractivity contribution in [1.82, 2.24) is 0 Å². The summed E-state index contributed by atoms with van der Waals surface area (Å²) in [4.78, 5) is 37.3. The van der Waals surface area contributed by atoms with E-state index in [2.05, 4.69) is 0 Å². The van der Waals surface area contributed by atoms with Crippen LogP contribution in [0.4, 0.5) is 0 Å². The number of aliphatic carboxylic acids is 2. The quantitative estimate of drug-likeness (QED) is 0.620. The minimum atomic E-state index is -1.78. The van der Waals surface area contributed by atoms with Crippen LogP contribution in [0.1, 0.15) is 48.9 Å². The van der Waals surface area contributed by atoms with Gasteiger partial charge in [-0.25, -0.2) is 0 Å². The Morgan fingerprint density at radius 1 is 1.06 bits per heavy atom. The van der Waals surface area contributed by atoms with Crippen molar-refractivity contribution in [3.63, 3.8) is 0 Å². The number of ether oxygens (including phenoxy) is 1. The molecule has 3 atom stereocenters. The van der Waals surface area contributed by atoms with Gasteiger partial charge < -0.3 is 19.7 Å². The monoisotopic (exact) mass is 422 g/mol. The van der Waals surface area contributed by atoms with Gasteiger partial charge in [0.2, 0.25) is 0 Å². The molecule has 0 bridgehead atoms. The molecule has 2 aromatic carbocycles. The Labute approximate surface area is 181 Å². The summed E-state index contributed by atoms with van der Waals surface area (Å²) in [7, 11) is 0. The molecule has 31 heavy (non-hydrogen) atoms. The third-order valence-corrected chi connectivity index (χ3v) is 6.02. The first-order valence-electron chi connectivity index (χ1n) is 10.2. The molecule has 0 saturated heterocycles. The van der Waals surface area contributed by atoms with Gasteiger partial charge in [-0.2, -0.15) is 0 Å². The lowest BCUT2D eigenvalue weighted by Crippen LogP contribution is -2.45. The number of carbonyl (C=O) groups excluding carboxylic acids is 1. The first-order chi connectivity index (χ1) is 14.8. The van der Waals surface area contributed by atoms with Crippen LogP contribution in [-0.2, 0) is 26.2 Å². The number of carboxylic acids is 2. The highest BCUT2D eigenvalue weighted by Crippen LogP contribution is 2.48. The van der Waals surface area contributed by atoms with Crippen LogP contribution < -0.4 is 4.74 Å². The molecule has 2 N–H and O–H groups in total. The summed E-state index contributed by atoms with van der Waals surface area (Å²) in [6.07, 6.45) is 4.45. The number of hydrogen-bond acceptors (Lipinski definition) is 4. The topological polar surface area (TPSA) is 101 Å². The van der Waals surface area contributed by atoms with Crippen molar-refractivity contribution in [2.75, 3.05) is 0 Å². The van der Waals surface area contributed by atoms with Crippen LogP contribution in [0.2, 0.25) is 0 Å². The van der Waals surface area contributed by atoms with Crippen molar-refractivity contribution in [2.24, 2.45) is 11.8 Å². The molecular weight excluding hydrogens is 396 g/mol. The van der Waals surface area contributed by atoms with E-state index in [0.717, 1.165) is 5.56 Å². The summed E-state index contributed by atoms with van der Waals surface area (Å²) in [5.74, 6) is -4.26. The number of hydrogen-bond donors (Lipinski definition) is 2. The van der Waals surface area contributed by atoms with Gasteiger partial charge in [0.25, 0.3) is 0 Å². The van der Waals surface area contributed by atoms with Crippen LogP contribution in [0.15, 0.2) is 54.8 Å². The van der Waals surface area contributed by atoms with E-state index in [4.69, 9.17) is 4.74 Å². The Morgan fingerprint density at radius 2 is 1.74 bits per heavy atom. The number of allylic oxidation sites excluding steroid dienone is 1. The molecule has 1 aliphatic rings. The summed E-state index contributed by atoms with van der Waals surface area (Å²) < 4.78 is 5.78. The van der Waals surface area contributed by atoms with Crippen molar-refractivity contribution in [2.45, 2.75) is 38.5 Å². The van der Waals surface area contributed by atoms with Gasteiger partial charge in [0, 0.05) is 11.5 Å². The second-order valence-corrected chi connectivity index (χ2v) is 8.17. The number of carbonyl (C=O) groups is 3. The summed E-state index contributed by atoms with van der Waals surface area (Å²) in [6, 6.07) is 11.9. The molecule has 0 aliphatic carbocycles. The molecular formula is C25H26O6. The predicted octanol–water partition coefficient (Wildman–Crippen LogP) is 4.17. The molecule has 3 unspecified atom stereocenters. The zero-order valence-electron chi connectivity index (χ0n) is 17.7. The van der Waals surface area contributed by atoms with Crippen LogP contribution in [0, 0.1) is 11.8 Å². The van der Waals surface area contributed by atoms with Crippen molar-refractivity contribution in [3.05, 3.63) is 77.1 Å². The molecule has 6 heteroatoms. The first-order valence-corrected chi connectivity index (χ1v) is 10.2. The molecule has 162 valence electrons. The van der Waals surface area contributed by atoms with E-state index in [9.17, 15) is 24.6 Å². The Bertz CT molecular complexity index is 1020. The maximum atomic E-state index is 12.9. The molecule has 0 aromatic heterocycles. The third kappa shape index (κ3) is 3.63. The largest absolute Gasteiger partial charge is 0.481 e. The van der Waals surface area contributed by atoms with E-state index >= 15 is 0 Å². The van der Waals surface area contributed by atoms with Crippen molar-refractivity contribution >= 4 is 18.2 Å².